The highest BCUT2D eigenvalue weighted by Gasteiger charge is 2.28. The number of nitrogens with one attached hydrogen (secondary N) is 1. The number of benzene rings is 2. The first-order chi connectivity index (χ1) is 16.5. The van der Waals surface area contributed by atoms with E-state index in [0.29, 0.717) is 13.1 Å². The second kappa shape index (κ2) is 9.46. The number of anilines is 1. The van der Waals surface area contributed by atoms with Gasteiger partial charge in [-0.1, -0.05) is 41.2 Å². The van der Waals surface area contributed by atoms with Gasteiger partial charge in [0.05, 0.1) is 29.1 Å². The summed E-state index contributed by atoms with van der Waals surface area (Å²) in [7, 11) is 1.65. The molecule has 0 unspecified atom stereocenters. The molecule has 34 heavy (non-hydrogen) atoms. The molecule has 3 heterocycles. The zero-order valence-corrected chi connectivity index (χ0v) is 20.6. The summed E-state index contributed by atoms with van der Waals surface area (Å²) < 4.78 is 8.30. The molecule has 1 fully saturated rings. The minimum Gasteiger partial charge on any atom is -0.497 e. The molecule has 0 aliphatic carbocycles. The van der Waals surface area contributed by atoms with Gasteiger partial charge in [0.15, 0.2) is 10.8 Å². The fourth-order valence-electron chi connectivity index (χ4n) is 4.41. The van der Waals surface area contributed by atoms with Crippen molar-refractivity contribution in [2.45, 2.75) is 33.2 Å². The van der Waals surface area contributed by atoms with Gasteiger partial charge in [-0.2, -0.15) is 10.1 Å². The van der Waals surface area contributed by atoms with Crippen molar-refractivity contribution in [2.75, 3.05) is 25.1 Å². The van der Waals surface area contributed by atoms with Crippen LogP contribution in [0.15, 0.2) is 48.5 Å². The van der Waals surface area contributed by atoms with Crippen LogP contribution in [0.4, 0.5) is 5.13 Å². The van der Waals surface area contributed by atoms with E-state index in [1.807, 2.05) is 35.9 Å². The number of nitrogens with zero attached hydrogens (tertiary/aromatic N) is 4. The maximum absolute atomic E-state index is 12.9. The Kier molecular flexibility index (Phi) is 6.24. The zero-order valence-electron chi connectivity index (χ0n) is 19.7. The standard InChI is InChI=1S/C26H29N5O2S/c1-17-9-11-21(12-10-17)31-24-23(18(2)29-31)34-26(28-24)30-13-5-7-20(16-30)25(32)27-15-19-6-4-8-22(14-19)33-3/h4,6,8-12,14,20H,5,7,13,15-16H2,1-3H3,(H,27,32)/t20-/m1/s1. The first-order valence-corrected chi connectivity index (χ1v) is 12.4. The molecular weight excluding hydrogens is 446 g/mol. The van der Waals surface area contributed by atoms with Gasteiger partial charge >= 0.3 is 0 Å². The van der Waals surface area contributed by atoms with Gasteiger partial charge < -0.3 is 15.0 Å². The lowest BCUT2D eigenvalue weighted by atomic mass is 9.97. The number of piperidine rings is 1. The number of hydrogen-bond acceptors (Lipinski definition) is 6. The highest BCUT2D eigenvalue weighted by molar-refractivity contribution is 7.22. The van der Waals surface area contributed by atoms with Gasteiger partial charge in [-0.15, -0.1) is 0 Å². The lowest BCUT2D eigenvalue weighted by Gasteiger charge is -2.31. The summed E-state index contributed by atoms with van der Waals surface area (Å²) in [4.78, 5) is 20.2. The van der Waals surface area contributed by atoms with Gasteiger partial charge in [0.1, 0.15) is 5.75 Å². The third-order valence-corrected chi connectivity index (χ3v) is 7.53. The summed E-state index contributed by atoms with van der Waals surface area (Å²) in [5.74, 6) is 0.836. The van der Waals surface area contributed by atoms with Crippen molar-refractivity contribution in [1.82, 2.24) is 20.1 Å². The quantitative estimate of drug-likeness (QED) is 0.440. The van der Waals surface area contributed by atoms with Crippen molar-refractivity contribution >= 4 is 32.7 Å². The van der Waals surface area contributed by atoms with Crippen molar-refractivity contribution in [3.05, 3.63) is 65.4 Å². The lowest BCUT2D eigenvalue weighted by molar-refractivity contribution is -0.125. The Labute approximate surface area is 203 Å². The van der Waals surface area contributed by atoms with Crippen LogP contribution in [0, 0.1) is 19.8 Å². The minimum atomic E-state index is -0.0546. The normalized spacial score (nSPS) is 16.1. The number of amides is 1. The average molecular weight is 476 g/mol. The van der Waals surface area contributed by atoms with Crippen molar-refractivity contribution in [3.63, 3.8) is 0 Å². The molecule has 1 aliphatic rings. The van der Waals surface area contributed by atoms with Crippen LogP contribution in [0.25, 0.3) is 16.0 Å². The number of aryl methyl sites for hydroxylation is 2. The molecule has 176 valence electrons. The highest BCUT2D eigenvalue weighted by Crippen LogP contribution is 2.34. The van der Waals surface area contributed by atoms with Crippen LogP contribution < -0.4 is 15.0 Å². The predicted octanol–water partition coefficient (Wildman–Crippen LogP) is 4.64. The summed E-state index contributed by atoms with van der Waals surface area (Å²) in [5, 5.41) is 8.78. The molecule has 1 aliphatic heterocycles. The van der Waals surface area contributed by atoms with E-state index in [0.717, 1.165) is 57.6 Å². The molecular formula is C26H29N5O2S. The van der Waals surface area contributed by atoms with Gasteiger partial charge in [0.25, 0.3) is 0 Å². The maximum atomic E-state index is 12.9. The first-order valence-electron chi connectivity index (χ1n) is 11.6. The number of fused-ring (bicyclic) bond motifs is 1. The van der Waals surface area contributed by atoms with E-state index in [1.54, 1.807) is 18.4 Å². The predicted molar refractivity (Wildman–Crippen MR) is 136 cm³/mol. The molecule has 0 spiro atoms. The molecule has 4 aromatic rings. The number of aromatic nitrogens is 3. The second-order valence-electron chi connectivity index (χ2n) is 8.84. The third-order valence-electron chi connectivity index (χ3n) is 6.32. The van der Waals surface area contributed by atoms with Crippen LogP contribution in [0.5, 0.6) is 5.75 Å². The van der Waals surface area contributed by atoms with Gasteiger partial charge in [0.2, 0.25) is 5.91 Å². The number of rotatable bonds is 6. The van der Waals surface area contributed by atoms with Crippen molar-refractivity contribution < 1.29 is 9.53 Å². The molecule has 1 N–H and O–H groups in total. The number of methoxy groups -OCH3 is 1. The minimum absolute atomic E-state index is 0.0546. The monoisotopic (exact) mass is 475 g/mol. The Bertz CT molecular complexity index is 1310. The molecule has 0 radical (unpaired) electrons. The van der Waals surface area contributed by atoms with E-state index in [9.17, 15) is 4.79 Å². The summed E-state index contributed by atoms with van der Waals surface area (Å²) in [6.45, 7) is 6.19. The molecule has 1 saturated heterocycles. The highest BCUT2D eigenvalue weighted by atomic mass is 32.1. The largest absolute Gasteiger partial charge is 0.497 e. The molecule has 5 rings (SSSR count). The number of thiazole rings is 1. The number of ether oxygens (including phenoxy) is 1. The van der Waals surface area contributed by atoms with Crippen molar-refractivity contribution in [3.8, 4) is 11.4 Å². The van der Waals surface area contributed by atoms with E-state index >= 15 is 0 Å². The van der Waals surface area contributed by atoms with Gasteiger partial charge in [-0.3, -0.25) is 4.79 Å². The second-order valence-corrected chi connectivity index (χ2v) is 9.81. The van der Waals surface area contributed by atoms with Crippen LogP contribution >= 0.6 is 11.3 Å². The Morgan fingerprint density at radius 1 is 1.21 bits per heavy atom. The van der Waals surface area contributed by atoms with Gasteiger partial charge in [-0.05, 0) is 56.5 Å². The fraction of sp³-hybridized carbons (Fsp3) is 0.346. The fourth-order valence-corrected chi connectivity index (χ4v) is 5.43. The Morgan fingerprint density at radius 2 is 2.03 bits per heavy atom. The van der Waals surface area contributed by atoms with Gasteiger partial charge in [-0.25, -0.2) is 4.68 Å². The van der Waals surface area contributed by atoms with Crippen LogP contribution in [0.2, 0.25) is 0 Å². The van der Waals surface area contributed by atoms with Crippen molar-refractivity contribution in [2.24, 2.45) is 5.92 Å². The Balaban J connectivity index is 1.30. The number of carbonyl (C=O) groups excluding carboxylic acids is 1. The summed E-state index contributed by atoms with van der Waals surface area (Å²) in [6.07, 6.45) is 1.86. The summed E-state index contributed by atoms with van der Waals surface area (Å²) in [6, 6.07) is 16.1. The number of hydrogen-bond donors (Lipinski definition) is 1. The average Bonchev–Trinajstić information content (AvgIpc) is 3.44. The molecule has 8 heteroatoms. The maximum Gasteiger partial charge on any atom is 0.225 e. The van der Waals surface area contributed by atoms with Crippen molar-refractivity contribution in [1.29, 1.82) is 0 Å². The van der Waals surface area contributed by atoms with Crippen LogP contribution in [0.1, 0.15) is 29.7 Å². The van der Waals surface area contributed by atoms with E-state index in [-0.39, 0.29) is 11.8 Å². The first kappa shape index (κ1) is 22.4. The van der Waals surface area contributed by atoms with Gasteiger partial charge in [0, 0.05) is 19.6 Å². The van der Waals surface area contributed by atoms with E-state index < -0.39 is 0 Å². The number of carbonyl (C=O) groups is 1. The molecule has 2 aromatic heterocycles. The van der Waals surface area contributed by atoms with Crippen LogP contribution in [0.3, 0.4) is 0 Å². The smallest absolute Gasteiger partial charge is 0.225 e. The molecule has 1 amide bonds. The third kappa shape index (κ3) is 4.50. The summed E-state index contributed by atoms with van der Waals surface area (Å²) in [5.41, 5.74) is 5.11. The lowest BCUT2D eigenvalue weighted by Crippen LogP contribution is -2.43. The molecule has 1 atom stereocenters. The van der Waals surface area contributed by atoms with Crippen LogP contribution in [-0.4, -0.2) is 40.9 Å². The molecule has 0 bridgehead atoms. The molecule has 2 aromatic carbocycles. The molecule has 0 saturated carbocycles. The molecule has 7 nitrogen and oxygen atoms in total. The SMILES string of the molecule is COc1cccc(CNC(=O)[C@@H]2CCCN(c3nc4c(s3)c(C)nn4-c3ccc(C)cc3)C2)c1. The van der Waals surface area contributed by atoms with E-state index in [1.165, 1.54) is 5.56 Å². The Morgan fingerprint density at radius 3 is 2.82 bits per heavy atom. The van der Waals surface area contributed by atoms with Crippen LogP contribution in [-0.2, 0) is 11.3 Å². The van der Waals surface area contributed by atoms with E-state index in [4.69, 9.17) is 14.8 Å². The zero-order chi connectivity index (χ0) is 23.7. The Hall–Kier alpha value is -3.39. The van der Waals surface area contributed by atoms with E-state index in [2.05, 4.69) is 41.4 Å². The summed E-state index contributed by atoms with van der Waals surface area (Å²) >= 11 is 1.66. The topological polar surface area (TPSA) is 72.3 Å².